The Bertz CT molecular complexity index is 918. The number of fused-ring (bicyclic) bond motifs is 1. The standard InChI is InChI=1S/C23H30N4O4/c24-20-16(21(29)26-9-4-5-10-26)12-15-14-27(11-6-18(15)25-20)22(30)17-13-19(28)31-23(17)7-2-1-3-8-23/h12,17H,1-11,13-14H2,(H2,24,25). The van der Waals surface area contributed by atoms with Crippen molar-refractivity contribution < 1.29 is 19.1 Å². The third-order valence-electron chi connectivity index (χ3n) is 7.46. The molecule has 4 aliphatic rings. The Hall–Kier alpha value is -2.64. The Morgan fingerprint density at radius 2 is 1.81 bits per heavy atom. The van der Waals surface area contributed by atoms with Crippen molar-refractivity contribution in [2.75, 3.05) is 25.4 Å². The molecular weight excluding hydrogens is 396 g/mol. The predicted molar refractivity (Wildman–Crippen MR) is 113 cm³/mol. The van der Waals surface area contributed by atoms with Gasteiger partial charge in [-0.15, -0.1) is 0 Å². The van der Waals surface area contributed by atoms with Crippen LogP contribution in [-0.2, 0) is 27.3 Å². The summed E-state index contributed by atoms with van der Waals surface area (Å²) in [7, 11) is 0. The van der Waals surface area contributed by atoms with E-state index in [2.05, 4.69) is 4.98 Å². The highest BCUT2D eigenvalue weighted by atomic mass is 16.6. The van der Waals surface area contributed by atoms with Gasteiger partial charge in [-0.25, -0.2) is 4.98 Å². The van der Waals surface area contributed by atoms with Crippen LogP contribution >= 0.6 is 0 Å². The minimum Gasteiger partial charge on any atom is -0.458 e. The van der Waals surface area contributed by atoms with Crippen molar-refractivity contribution >= 4 is 23.6 Å². The van der Waals surface area contributed by atoms with E-state index in [9.17, 15) is 14.4 Å². The molecule has 2 saturated heterocycles. The van der Waals surface area contributed by atoms with Crippen LogP contribution in [0.1, 0.15) is 73.0 Å². The number of anilines is 1. The molecule has 31 heavy (non-hydrogen) atoms. The van der Waals surface area contributed by atoms with Crippen molar-refractivity contribution in [3.8, 4) is 0 Å². The molecule has 0 radical (unpaired) electrons. The lowest BCUT2D eigenvalue weighted by molar-refractivity contribution is -0.156. The molecule has 1 aliphatic carbocycles. The van der Waals surface area contributed by atoms with Gasteiger partial charge in [0.05, 0.1) is 17.9 Å². The SMILES string of the molecule is Nc1nc2c(cc1C(=O)N1CCCC1)CN(C(=O)C1CC(=O)OC13CCCCC3)CC2. The number of ether oxygens (including phenoxy) is 1. The average molecular weight is 427 g/mol. The molecule has 3 aliphatic heterocycles. The van der Waals surface area contributed by atoms with Gasteiger partial charge in [-0.3, -0.25) is 14.4 Å². The van der Waals surface area contributed by atoms with E-state index in [1.807, 2.05) is 15.9 Å². The zero-order chi connectivity index (χ0) is 21.6. The molecule has 1 aromatic rings. The first-order valence-electron chi connectivity index (χ1n) is 11.5. The zero-order valence-corrected chi connectivity index (χ0v) is 17.9. The van der Waals surface area contributed by atoms with Crippen LogP contribution < -0.4 is 5.73 Å². The molecular formula is C23H30N4O4. The van der Waals surface area contributed by atoms with Crippen molar-refractivity contribution in [1.82, 2.24) is 14.8 Å². The number of nitrogens with two attached hydrogens (primary N) is 1. The van der Waals surface area contributed by atoms with E-state index in [1.165, 1.54) is 0 Å². The molecule has 1 atom stereocenters. The molecule has 1 unspecified atom stereocenters. The van der Waals surface area contributed by atoms with E-state index in [1.54, 1.807) is 0 Å². The van der Waals surface area contributed by atoms with Crippen LogP contribution in [0, 0.1) is 5.92 Å². The molecule has 166 valence electrons. The fraction of sp³-hybridized carbons (Fsp3) is 0.652. The first-order valence-corrected chi connectivity index (χ1v) is 11.5. The molecule has 5 rings (SSSR count). The van der Waals surface area contributed by atoms with E-state index in [-0.39, 0.29) is 30.0 Å². The van der Waals surface area contributed by atoms with Gasteiger partial charge < -0.3 is 20.3 Å². The van der Waals surface area contributed by atoms with Crippen molar-refractivity contribution in [2.45, 2.75) is 69.9 Å². The van der Waals surface area contributed by atoms with Crippen LogP contribution in [0.2, 0.25) is 0 Å². The fourth-order valence-corrected chi connectivity index (χ4v) is 5.76. The van der Waals surface area contributed by atoms with Crippen molar-refractivity contribution in [2.24, 2.45) is 5.92 Å². The van der Waals surface area contributed by atoms with Crippen LogP contribution in [0.25, 0.3) is 0 Å². The zero-order valence-electron chi connectivity index (χ0n) is 17.9. The Balaban J connectivity index is 1.37. The smallest absolute Gasteiger partial charge is 0.307 e. The quantitative estimate of drug-likeness (QED) is 0.726. The summed E-state index contributed by atoms with van der Waals surface area (Å²) in [5.41, 5.74) is 7.66. The molecule has 0 aromatic carbocycles. The number of aromatic nitrogens is 1. The van der Waals surface area contributed by atoms with Gasteiger partial charge in [0.25, 0.3) is 5.91 Å². The van der Waals surface area contributed by atoms with Gasteiger partial charge >= 0.3 is 5.97 Å². The van der Waals surface area contributed by atoms with E-state index in [4.69, 9.17) is 10.5 Å². The highest BCUT2D eigenvalue weighted by molar-refractivity contribution is 5.98. The summed E-state index contributed by atoms with van der Waals surface area (Å²) in [5.74, 6) is -0.487. The summed E-state index contributed by atoms with van der Waals surface area (Å²) >= 11 is 0. The maximum absolute atomic E-state index is 13.5. The monoisotopic (exact) mass is 426 g/mol. The van der Waals surface area contributed by atoms with Gasteiger partial charge in [-0.1, -0.05) is 6.42 Å². The normalized spacial score (nSPS) is 24.9. The summed E-state index contributed by atoms with van der Waals surface area (Å²) in [4.78, 5) is 46.7. The number of hydrogen-bond donors (Lipinski definition) is 1. The number of carbonyl (C=O) groups excluding carboxylic acids is 3. The fourth-order valence-electron chi connectivity index (χ4n) is 5.76. The number of hydrogen-bond acceptors (Lipinski definition) is 6. The van der Waals surface area contributed by atoms with Gasteiger partial charge in [0.2, 0.25) is 5.91 Å². The van der Waals surface area contributed by atoms with Crippen LogP contribution in [0.3, 0.4) is 0 Å². The number of carbonyl (C=O) groups is 3. The highest BCUT2D eigenvalue weighted by Gasteiger charge is 2.54. The summed E-state index contributed by atoms with van der Waals surface area (Å²) in [5, 5.41) is 0. The molecule has 1 aromatic heterocycles. The van der Waals surface area contributed by atoms with Crippen molar-refractivity contribution in [3.05, 3.63) is 22.9 Å². The van der Waals surface area contributed by atoms with E-state index in [0.29, 0.717) is 25.1 Å². The van der Waals surface area contributed by atoms with Gasteiger partial charge in [-0.05, 0) is 50.2 Å². The number of likely N-dealkylation sites (tertiary alicyclic amines) is 1. The molecule has 3 fully saturated rings. The van der Waals surface area contributed by atoms with E-state index < -0.39 is 11.5 Å². The minimum absolute atomic E-state index is 0.0114. The highest BCUT2D eigenvalue weighted by Crippen LogP contribution is 2.45. The number of pyridine rings is 1. The summed E-state index contributed by atoms with van der Waals surface area (Å²) in [6.45, 7) is 2.43. The second kappa shape index (κ2) is 7.80. The number of nitrogen functional groups attached to an aromatic ring is 1. The molecule has 1 saturated carbocycles. The lowest BCUT2D eigenvalue weighted by Crippen LogP contribution is -2.48. The van der Waals surface area contributed by atoms with E-state index in [0.717, 1.165) is 69.3 Å². The van der Waals surface area contributed by atoms with Crippen LogP contribution in [0.5, 0.6) is 0 Å². The number of nitrogens with zero attached hydrogens (tertiary/aromatic N) is 3. The average Bonchev–Trinajstić information content (AvgIpc) is 3.41. The maximum atomic E-state index is 13.5. The largest absolute Gasteiger partial charge is 0.458 e. The lowest BCUT2D eigenvalue weighted by Gasteiger charge is -2.39. The second-order valence-electron chi connectivity index (χ2n) is 9.39. The summed E-state index contributed by atoms with van der Waals surface area (Å²) < 4.78 is 5.74. The summed E-state index contributed by atoms with van der Waals surface area (Å²) in [6, 6.07) is 1.82. The lowest BCUT2D eigenvalue weighted by atomic mass is 9.75. The molecule has 4 heterocycles. The van der Waals surface area contributed by atoms with Crippen molar-refractivity contribution in [1.29, 1.82) is 0 Å². The van der Waals surface area contributed by atoms with Gasteiger partial charge in [-0.2, -0.15) is 0 Å². The third-order valence-corrected chi connectivity index (χ3v) is 7.46. The first kappa shape index (κ1) is 20.3. The van der Waals surface area contributed by atoms with Gasteiger partial charge in [0.15, 0.2) is 0 Å². The molecule has 1 spiro atoms. The van der Waals surface area contributed by atoms with Crippen LogP contribution in [0.15, 0.2) is 6.07 Å². The number of amides is 2. The second-order valence-corrected chi connectivity index (χ2v) is 9.39. The Labute approximate surface area is 182 Å². The van der Waals surface area contributed by atoms with Gasteiger partial charge in [0.1, 0.15) is 11.4 Å². The summed E-state index contributed by atoms with van der Waals surface area (Å²) in [6.07, 6.45) is 7.43. The number of esters is 1. The third kappa shape index (κ3) is 3.55. The molecule has 8 heteroatoms. The Kier molecular flexibility index (Phi) is 5.10. The first-order chi connectivity index (χ1) is 15.0. The predicted octanol–water partition coefficient (Wildman–Crippen LogP) is 2.05. The molecule has 2 amide bonds. The molecule has 8 nitrogen and oxygen atoms in total. The molecule has 0 bridgehead atoms. The molecule has 2 N–H and O–H groups in total. The van der Waals surface area contributed by atoms with Crippen molar-refractivity contribution in [3.63, 3.8) is 0 Å². The number of rotatable bonds is 2. The van der Waals surface area contributed by atoms with Gasteiger partial charge in [0, 0.05) is 38.3 Å². The van der Waals surface area contributed by atoms with Crippen LogP contribution in [-0.4, -0.2) is 57.8 Å². The maximum Gasteiger partial charge on any atom is 0.307 e. The van der Waals surface area contributed by atoms with Crippen LogP contribution in [0.4, 0.5) is 5.82 Å². The van der Waals surface area contributed by atoms with E-state index >= 15 is 0 Å². The Morgan fingerprint density at radius 1 is 1.06 bits per heavy atom. The Morgan fingerprint density at radius 3 is 2.55 bits per heavy atom. The topological polar surface area (TPSA) is 106 Å². The minimum atomic E-state index is -0.622.